The van der Waals surface area contributed by atoms with Gasteiger partial charge in [-0.25, -0.2) is 8.42 Å². The number of rotatable bonds is 3. The standard InChI is InChI=1S/C3H6FO3S.Li/c4-2-1-3-8(5,6)7;/h3H,1-2H2,(H,5,6,7);/q-1;+1. The largest absolute Gasteiger partial charge is 1.00 e. The van der Waals surface area contributed by atoms with Crippen LogP contribution in [0.15, 0.2) is 0 Å². The zero-order chi connectivity index (χ0) is 6.62. The van der Waals surface area contributed by atoms with Crippen molar-refractivity contribution in [1.82, 2.24) is 0 Å². The van der Waals surface area contributed by atoms with Gasteiger partial charge in [0, 0.05) is 0 Å². The zero-order valence-corrected chi connectivity index (χ0v) is 5.86. The quantitative estimate of drug-likeness (QED) is 0.271. The summed E-state index contributed by atoms with van der Waals surface area (Å²) in [5.41, 5.74) is 0. The Morgan fingerprint density at radius 3 is 2.11 bits per heavy atom. The molecule has 0 bridgehead atoms. The Hall–Kier alpha value is 0.437. The molecule has 6 heteroatoms. The molecule has 0 aromatic heterocycles. The molecular weight excluding hydrogens is 142 g/mol. The van der Waals surface area contributed by atoms with Gasteiger partial charge in [-0.3, -0.25) is 4.39 Å². The minimum atomic E-state index is -4.05. The second-order valence-corrected chi connectivity index (χ2v) is 2.52. The number of halogens is 1. The molecule has 0 aliphatic carbocycles. The molecule has 0 amide bonds. The van der Waals surface area contributed by atoms with Crippen LogP contribution in [-0.4, -0.2) is 19.6 Å². The maximum Gasteiger partial charge on any atom is 1.00 e. The van der Waals surface area contributed by atoms with E-state index in [0.29, 0.717) is 5.75 Å². The van der Waals surface area contributed by atoms with Crippen molar-refractivity contribution in [3.8, 4) is 0 Å². The summed E-state index contributed by atoms with van der Waals surface area (Å²) in [4.78, 5) is 0. The fourth-order valence-corrected chi connectivity index (χ4v) is 0.580. The first-order chi connectivity index (χ1) is 3.56. The van der Waals surface area contributed by atoms with Crippen molar-refractivity contribution in [3.05, 3.63) is 5.75 Å². The molecule has 0 radical (unpaired) electrons. The molecule has 0 rings (SSSR count). The fraction of sp³-hybridized carbons (Fsp3) is 0.667. The second kappa shape index (κ2) is 5.24. The molecule has 50 valence electrons. The van der Waals surface area contributed by atoms with Crippen molar-refractivity contribution in [2.75, 3.05) is 6.67 Å². The summed E-state index contributed by atoms with van der Waals surface area (Å²) in [7, 11) is -4.05. The van der Waals surface area contributed by atoms with Gasteiger partial charge in [-0.2, -0.15) is 5.75 Å². The molecule has 1 N–H and O–H groups in total. The molecule has 0 fully saturated rings. The van der Waals surface area contributed by atoms with Gasteiger partial charge < -0.3 is 4.55 Å². The number of hydrogen-bond acceptors (Lipinski definition) is 2. The monoisotopic (exact) mass is 148 g/mol. The third-order valence-corrected chi connectivity index (χ3v) is 1.09. The van der Waals surface area contributed by atoms with Gasteiger partial charge in [0.2, 0.25) is 0 Å². The topological polar surface area (TPSA) is 54.4 Å². The van der Waals surface area contributed by atoms with Gasteiger partial charge in [0.15, 0.2) is 0 Å². The fourth-order valence-electron chi connectivity index (χ4n) is 0.193. The summed E-state index contributed by atoms with van der Waals surface area (Å²) in [5.74, 6) is 0.521. The van der Waals surface area contributed by atoms with Crippen LogP contribution in [0, 0.1) is 5.75 Å². The molecular formula is C3H6FLiO3S. The molecule has 3 nitrogen and oxygen atoms in total. The van der Waals surface area contributed by atoms with Crippen LogP contribution in [0.4, 0.5) is 4.39 Å². The predicted octanol–water partition coefficient (Wildman–Crippen LogP) is -2.60. The average Bonchev–Trinajstić information content (AvgIpc) is 1.59. The summed E-state index contributed by atoms with van der Waals surface area (Å²) >= 11 is 0. The minimum absolute atomic E-state index is 0. The molecule has 0 spiro atoms. The second-order valence-electron chi connectivity index (χ2n) is 1.16. The molecule has 0 unspecified atom stereocenters. The molecule has 0 aromatic rings. The summed E-state index contributed by atoms with van der Waals surface area (Å²) in [5, 5.41) is 0. The van der Waals surface area contributed by atoms with Gasteiger partial charge in [-0.15, -0.1) is 6.42 Å². The Kier molecular flexibility index (Phi) is 7.07. The van der Waals surface area contributed by atoms with Gasteiger partial charge in [0.05, 0.1) is 6.67 Å². The van der Waals surface area contributed by atoms with E-state index in [-0.39, 0.29) is 25.3 Å². The van der Waals surface area contributed by atoms with Crippen molar-refractivity contribution < 1.29 is 36.2 Å². The van der Waals surface area contributed by atoms with E-state index in [1.807, 2.05) is 0 Å². The van der Waals surface area contributed by atoms with Crippen molar-refractivity contribution >= 4 is 10.1 Å². The Labute approximate surface area is 65.6 Å². The smallest absolute Gasteiger partial charge is 0.309 e. The van der Waals surface area contributed by atoms with E-state index in [4.69, 9.17) is 4.55 Å². The summed E-state index contributed by atoms with van der Waals surface area (Å²) in [6, 6.07) is 0. The van der Waals surface area contributed by atoms with E-state index in [0.717, 1.165) is 0 Å². The molecule has 0 saturated heterocycles. The van der Waals surface area contributed by atoms with Crippen molar-refractivity contribution in [3.63, 3.8) is 0 Å². The van der Waals surface area contributed by atoms with Gasteiger partial charge in [-0.1, -0.05) is 0 Å². The van der Waals surface area contributed by atoms with E-state index in [1.54, 1.807) is 0 Å². The summed E-state index contributed by atoms with van der Waals surface area (Å²) in [6.45, 7) is -0.764. The van der Waals surface area contributed by atoms with E-state index in [2.05, 4.69) is 0 Å². The van der Waals surface area contributed by atoms with Crippen molar-refractivity contribution in [1.29, 1.82) is 0 Å². The Morgan fingerprint density at radius 1 is 1.56 bits per heavy atom. The van der Waals surface area contributed by atoms with Gasteiger partial charge >= 0.3 is 18.9 Å². The average molecular weight is 148 g/mol. The zero-order valence-electron chi connectivity index (χ0n) is 5.04. The van der Waals surface area contributed by atoms with Gasteiger partial charge in [0.1, 0.15) is 10.1 Å². The summed E-state index contributed by atoms with van der Waals surface area (Å²) < 4.78 is 38.5. The predicted molar refractivity (Wildman–Crippen MR) is 26.4 cm³/mol. The molecule has 0 heterocycles. The van der Waals surface area contributed by atoms with Crippen LogP contribution >= 0.6 is 0 Å². The van der Waals surface area contributed by atoms with E-state index >= 15 is 0 Å². The van der Waals surface area contributed by atoms with E-state index < -0.39 is 16.8 Å². The van der Waals surface area contributed by atoms with Crippen LogP contribution in [0.3, 0.4) is 0 Å². The number of hydrogen-bond donors (Lipinski definition) is 1. The maximum atomic E-state index is 11.1. The molecule has 0 aliphatic rings. The van der Waals surface area contributed by atoms with Crippen LogP contribution in [-0.2, 0) is 10.1 Å². The molecule has 0 aromatic carbocycles. The molecule has 0 atom stereocenters. The van der Waals surface area contributed by atoms with Crippen LogP contribution in [0.2, 0.25) is 0 Å². The summed E-state index contributed by atoms with van der Waals surface area (Å²) in [6.07, 6.45) is -0.251. The Bertz CT molecular complexity index is 143. The van der Waals surface area contributed by atoms with Crippen LogP contribution in [0.5, 0.6) is 0 Å². The molecule has 9 heavy (non-hydrogen) atoms. The number of alkyl halides is 1. The first-order valence-electron chi connectivity index (χ1n) is 1.93. The SMILES string of the molecule is O=S(=O)(O)[CH-]CCF.[Li+]. The van der Waals surface area contributed by atoms with Gasteiger partial charge in [-0.05, 0) is 0 Å². The molecule has 0 saturated carbocycles. The third kappa shape index (κ3) is 11.8. The minimum Gasteiger partial charge on any atom is -0.309 e. The van der Waals surface area contributed by atoms with E-state index in [1.165, 1.54) is 0 Å². The van der Waals surface area contributed by atoms with Gasteiger partial charge in [0.25, 0.3) is 0 Å². The van der Waals surface area contributed by atoms with Crippen LogP contribution in [0.25, 0.3) is 0 Å². The molecule has 0 aliphatic heterocycles. The third-order valence-electron chi connectivity index (χ3n) is 0.438. The Balaban J connectivity index is 0. The Morgan fingerprint density at radius 2 is 2.00 bits per heavy atom. The first kappa shape index (κ1) is 12.1. The first-order valence-corrected chi connectivity index (χ1v) is 3.43. The normalized spacial score (nSPS) is 10.4. The van der Waals surface area contributed by atoms with Crippen LogP contribution < -0.4 is 18.9 Å². The van der Waals surface area contributed by atoms with Crippen LogP contribution in [0.1, 0.15) is 6.42 Å². The maximum absolute atomic E-state index is 11.1. The van der Waals surface area contributed by atoms with E-state index in [9.17, 15) is 12.8 Å². The van der Waals surface area contributed by atoms with Crippen molar-refractivity contribution in [2.45, 2.75) is 6.42 Å². The van der Waals surface area contributed by atoms with Crippen molar-refractivity contribution in [2.24, 2.45) is 0 Å².